The van der Waals surface area contributed by atoms with E-state index in [1.807, 2.05) is 37.3 Å². The fraction of sp³-hybridized carbons (Fsp3) is 0.333. The van der Waals surface area contributed by atoms with E-state index in [1.54, 1.807) is 12.4 Å². The van der Waals surface area contributed by atoms with E-state index < -0.39 is 5.60 Å². The molecule has 1 aromatic carbocycles. The number of aliphatic hydroxyl groups is 1. The average Bonchev–Trinajstić information content (AvgIpc) is 2.48. The summed E-state index contributed by atoms with van der Waals surface area (Å²) in [5.41, 5.74) is 0.0940. The van der Waals surface area contributed by atoms with Crippen LogP contribution in [0, 0.1) is 0 Å². The second-order valence-electron chi connectivity index (χ2n) is 4.39. The fourth-order valence-electron chi connectivity index (χ4n) is 2.23. The van der Waals surface area contributed by atoms with E-state index in [0.717, 1.165) is 12.0 Å². The third kappa shape index (κ3) is 2.58. The van der Waals surface area contributed by atoms with Crippen molar-refractivity contribution in [1.29, 1.82) is 0 Å². The van der Waals surface area contributed by atoms with Crippen LogP contribution >= 0.6 is 0 Å². The van der Waals surface area contributed by atoms with Gasteiger partial charge in [0.15, 0.2) is 0 Å². The second-order valence-corrected chi connectivity index (χ2v) is 4.39. The van der Waals surface area contributed by atoms with Crippen LogP contribution in [-0.2, 0) is 5.60 Å². The Kier molecular flexibility index (Phi) is 4.12. The van der Waals surface area contributed by atoms with Gasteiger partial charge < -0.3 is 9.84 Å². The highest BCUT2D eigenvalue weighted by Gasteiger charge is 2.35. The van der Waals surface area contributed by atoms with Crippen molar-refractivity contribution >= 4 is 0 Å². The number of ether oxygens (including phenoxy) is 1. The van der Waals surface area contributed by atoms with Gasteiger partial charge in [0.25, 0.3) is 0 Å². The van der Waals surface area contributed by atoms with Gasteiger partial charge in [-0.3, -0.25) is 4.98 Å². The number of benzene rings is 1. The van der Waals surface area contributed by atoms with Crippen LogP contribution in [0.15, 0.2) is 42.7 Å². The molecule has 1 aromatic heterocycles. The minimum absolute atomic E-state index is 0.363. The first-order valence-electron chi connectivity index (χ1n) is 6.35. The topological polar surface area (TPSA) is 55.2 Å². The molecule has 0 aliphatic heterocycles. The van der Waals surface area contributed by atoms with Crippen molar-refractivity contribution in [3.05, 3.63) is 54.0 Å². The lowest BCUT2D eigenvalue weighted by Crippen LogP contribution is -2.29. The van der Waals surface area contributed by atoms with Crippen LogP contribution < -0.4 is 4.74 Å². The molecule has 4 nitrogen and oxygen atoms in total. The Bertz CT molecular complexity index is 531. The molecule has 0 spiro atoms. The predicted molar refractivity (Wildman–Crippen MR) is 72.9 cm³/mol. The highest BCUT2D eigenvalue weighted by molar-refractivity contribution is 5.36. The first-order valence-corrected chi connectivity index (χ1v) is 6.35. The Morgan fingerprint density at radius 2 is 1.84 bits per heavy atom. The van der Waals surface area contributed by atoms with Gasteiger partial charge in [-0.1, -0.05) is 43.7 Å². The van der Waals surface area contributed by atoms with Crippen LogP contribution in [0.4, 0.5) is 0 Å². The monoisotopic (exact) mass is 258 g/mol. The van der Waals surface area contributed by atoms with Gasteiger partial charge in [-0.25, -0.2) is 4.98 Å². The molecule has 4 heteroatoms. The molecule has 19 heavy (non-hydrogen) atoms. The van der Waals surface area contributed by atoms with Crippen molar-refractivity contribution in [3.63, 3.8) is 0 Å². The minimum atomic E-state index is -1.17. The zero-order chi connectivity index (χ0) is 13.7. The largest absolute Gasteiger partial charge is 0.480 e. The number of nitrogens with zero attached hydrogens (tertiary/aromatic N) is 2. The molecule has 2 aromatic rings. The molecule has 0 radical (unpaired) electrons. The summed E-state index contributed by atoms with van der Waals surface area (Å²) in [4.78, 5) is 8.41. The summed E-state index contributed by atoms with van der Waals surface area (Å²) in [5.74, 6) is 0.363. The van der Waals surface area contributed by atoms with E-state index in [9.17, 15) is 5.11 Å². The molecule has 0 aliphatic rings. The summed E-state index contributed by atoms with van der Waals surface area (Å²) in [6.07, 6.45) is 4.51. The van der Waals surface area contributed by atoms with Gasteiger partial charge in [-0.05, 0) is 12.0 Å². The molecule has 1 unspecified atom stereocenters. The van der Waals surface area contributed by atoms with E-state index in [1.165, 1.54) is 7.11 Å². The molecule has 0 saturated carbocycles. The predicted octanol–water partition coefficient (Wildman–Crippen LogP) is 2.52. The maximum atomic E-state index is 11.1. The van der Waals surface area contributed by atoms with Crippen LogP contribution in [0.3, 0.4) is 0 Å². The summed E-state index contributed by atoms with van der Waals surface area (Å²) >= 11 is 0. The van der Waals surface area contributed by atoms with Gasteiger partial charge in [0.05, 0.1) is 7.11 Å². The van der Waals surface area contributed by atoms with Crippen LogP contribution in [0.1, 0.15) is 31.0 Å². The number of hydrogen-bond acceptors (Lipinski definition) is 4. The van der Waals surface area contributed by atoms with Gasteiger partial charge in [-0.2, -0.15) is 0 Å². The molecule has 0 amide bonds. The zero-order valence-electron chi connectivity index (χ0n) is 11.2. The molecule has 2 rings (SSSR count). The second kappa shape index (κ2) is 5.80. The van der Waals surface area contributed by atoms with E-state index in [0.29, 0.717) is 18.0 Å². The first kappa shape index (κ1) is 13.5. The molecule has 1 N–H and O–H groups in total. The van der Waals surface area contributed by atoms with Gasteiger partial charge in [0.2, 0.25) is 5.88 Å². The minimum Gasteiger partial charge on any atom is -0.480 e. The summed E-state index contributed by atoms with van der Waals surface area (Å²) < 4.78 is 5.23. The molecule has 1 heterocycles. The van der Waals surface area contributed by atoms with Crippen molar-refractivity contribution in [3.8, 4) is 5.88 Å². The van der Waals surface area contributed by atoms with Crippen molar-refractivity contribution in [2.45, 2.75) is 25.4 Å². The highest BCUT2D eigenvalue weighted by atomic mass is 16.5. The average molecular weight is 258 g/mol. The maximum absolute atomic E-state index is 11.1. The van der Waals surface area contributed by atoms with Crippen LogP contribution in [0.25, 0.3) is 0 Å². The Hall–Kier alpha value is -1.94. The van der Waals surface area contributed by atoms with Crippen LogP contribution in [-0.4, -0.2) is 22.2 Å². The standard InChI is InChI=1S/C15H18N2O2/c1-3-9-15(18,12-7-5-4-6-8-12)13-14(19-2)17-11-10-16-13/h4-8,10-11,18H,3,9H2,1-2H3. The van der Waals surface area contributed by atoms with Crippen molar-refractivity contribution in [2.75, 3.05) is 7.11 Å². The number of rotatable bonds is 5. The van der Waals surface area contributed by atoms with E-state index in [2.05, 4.69) is 9.97 Å². The van der Waals surface area contributed by atoms with E-state index in [4.69, 9.17) is 4.74 Å². The molecular formula is C15H18N2O2. The normalized spacial score (nSPS) is 13.8. The van der Waals surface area contributed by atoms with E-state index in [-0.39, 0.29) is 0 Å². The van der Waals surface area contributed by atoms with Crippen molar-refractivity contribution in [1.82, 2.24) is 9.97 Å². The molecule has 0 bridgehead atoms. The number of methoxy groups -OCH3 is 1. The zero-order valence-corrected chi connectivity index (χ0v) is 11.2. The Morgan fingerprint density at radius 1 is 1.16 bits per heavy atom. The lowest BCUT2D eigenvalue weighted by Gasteiger charge is -2.28. The number of aromatic nitrogens is 2. The smallest absolute Gasteiger partial charge is 0.238 e. The lowest BCUT2D eigenvalue weighted by molar-refractivity contribution is 0.0619. The van der Waals surface area contributed by atoms with Gasteiger partial charge in [0, 0.05) is 12.4 Å². The van der Waals surface area contributed by atoms with Gasteiger partial charge >= 0.3 is 0 Å². The SMILES string of the molecule is CCCC(O)(c1ccccc1)c1nccnc1OC. The first-order chi connectivity index (χ1) is 9.22. The van der Waals surface area contributed by atoms with Crippen molar-refractivity contribution < 1.29 is 9.84 Å². The molecular weight excluding hydrogens is 240 g/mol. The molecule has 0 saturated heterocycles. The van der Waals surface area contributed by atoms with Gasteiger partial charge in [-0.15, -0.1) is 0 Å². The molecule has 1 atom stereocenters. The van der Waals surface area contributed by atoms with Crippen LogP contribution in [0.2, 0.25) is 0 Å². The summed E-state index contributed by atoms with van der Waals surface area (Å²) in [7, 11) is 1.53. The molecule has 100 valence electrons. The Labute approximate surface area is 113 Å². The fourth-order valence-corrected chi connectivity index (χ4v) is 2.23. The lowest BCUT2D eigenvalue weighted by atomic mass is 9.86. The van der Waals surface area contributed by atoms with Gasteiger partial charge in [0.1, 0.15) is 11.3 Å². The molecule has 0 aliphatic carbocycles. The van der Waals surface area contributed by atoms with Crippen molar-refractivity contribution in [2.24, 2.45) is 0 Å². The maximum Gasteiger partial charge on any atom is 0.238 e. The summed E-state index contributed by atoms with van der Waals surface area (Å²) in [6.45, 7) is 2.02. The highest BCUT2D eigenvalue weighted by Crippen LogP contribution is 2.36. The Balaban J connectivity index is 2.56. The summed E-state index contributed by atoms with van der Waals surface area (Å²) in [6, 6.07) is 9.51. The quantitative estimate of drug-likeness (QED) is 0.895. The Morgan fingerprint density at radius 3 is 2.47 bits per heavy atom. The number of hydrogen-bond donors (Lipinski definition) is 1. The third-order valence-corrected chi connectivity index (χ3v) is 3.11. The third-order valence-electron chi connectivity index (χ3n) is 3.11. The van der Waals surface area contributed by atoms with Crippen LogP contribution in [0.5, 0.6) is 5.88 Å². The summed E-state index contributed by atoms with van der Waals surface area (Å²) in [5, 5.41) is 11.1. The van der Waals surface area contributed by atoms with E-state index >= 15 is 0 Å². The molecule has 0 fully saturated rings.